The van der Waals surface area contributed by atoms with Gasteiger partial charge in [-0.3, -0.25) is 9.52 Å². The SMILES string of the molecule is Cc1ccc(NS(=O)(=O)c2cccc(C(=O)N3CCNC(C)C3)c2)cc1.Cl. The van der Waals surface area contributed by atoms with E-state index in [-0.39, 0.29) is 29.3 Å². The highest BCUT2D eigenvalue weighted by Gasteiger charge is 2.23. The number of aryl methyl sites for hydroxylation is 1. The molecule has 0 radical (unpaired) electrons. The molecule has 1 aliphatic rings. The molecule has 146 valence electrons. The van der Waals surface area contributed by atoms with Crippen LogP contribution in [0.3, 0.4) is 0 Å². The van der Waals surface area contributed by atoms with Gasteiger partial charge in [0.2, 0.25) is 0 Å². The van der Waals surface area contributed by atoms with Gasteiger partial charge in [-0.15, -0.1) is 12.4 Å². The van der Waals surface area contributed by atoms with Crippen molar-refractivity contribution in [1.29, 1.82) is 0 Å². The second-order valence-corrected chi connectivity index (χ2v) is 8.29. The predicted molar refractivity (Wildman–Crippen MR) is 109 cm³/mol. The maximum Gasteiger partial charge on any atom is 0.261 e. The molecule has 1 amide bonds. The minimum absolute atomic E-state index is 0. The summed E-state index contributed by atoms with van der Waals surface area (Å²) in [6.07, 6.45) is 0. The number of anilines is 1. The van der Waals surface area contributed by atoms with Crippen LogP contribution in [0.15, 0.2) is 53.4 Å². The highest BCUT2D eigenvalue weighted by Crippen LogP contribution is 2.19. The number of amides is 1. The van der Waals surface area contributed by atoms with Gasteiger partial charge in [0, 0.05) is 36.9 Å². The van der Waals surface area contributed by atoms with Crippen LogP contribution in [0.25, 0.3) is 0 Å². The number of nitrogens with zero attached hydrogens (tertiary/aromatic N) is 1. The first-order valence-corrected chi connectivity index (χ1v) is 10.1. The third kappa shape index (κ3) is 5.22. The van der Waals surface area contributed by atoms with E-state index in [0.717, 1.165) is 12.1 Å². The van der Waals surface area contributed by atoms with Crippen molar-refractivity contribution < 1.29 is 13.2 Å². The van der Waals surface area contributed by atoms with Crippen molar-refractivity contribution in [2.45, 2.75) is 24.8 Å². The molecule has 0 saturated carbocycles. The molecule has 0 spiro atoms. The van der Waals surface area contributed by atoms with E-state index in [9.17, 15) is 13.2 Å². The summed E-state index contributed by atoms with van der Waals surface area (Å²) in [6, 6.07) is 13.5. The maximum absolute atomic E-state index is 12.7. The molecule has 1 unspecified atom stereocenters. The highest BCUT2D eigenvalue weighted by molar-refractivity contribution is 7.92. The Balaban J connectivity index is 0.00000261. The Kier molecular flexibility index (Phi) is 6.86. The Morgan fingerprint density at radius 2 is 1.89 bits per heavy atom. The van der Waals surface area contributed by atoms with E-state index in [1.54, 1.807) is 29.2 Å². The van der Waals surface area contributed by atoms with Crippen molar-refractivity contribution in [2.24, 2.45) is 0 Å². The lowest BCUT2D eigenvalue weighted by atomic mass is 10.1. The van der Waals surface area contributed by atoms with Gasteiger partial charge in [-0.25, -0.2) is 8.42 Å². The van der Waals surface area contributed by atoms with Gasteiger partial charge >= 0.3 is 0 Å². The first-order chi connectivity index (χ1) is 12.3. The van der Waals surface area contributed by atoms with Crippen LogP contribution in [-0.4, -0.2) is 44.9 Å². The molecule has 8 heteroatoms. The van der Waals surface area contributed by atoms with Crippen molar-refractivity contribution in [2.75, 3.05) is 24.4 Å². The Labute approximate surface area is 166 Å². The Hall–Kier alpha value is -2.09. The second-order valence-electron chi connectivity index (χ2n) is 6.61. The Morgan fingerprint density at radius 3 is 2.56 bits per heavy atom. The van der Waals surface area contributed by atoms with Gasteiger partial charge in [-0.2, -0.15) is 0 Å². The number of nitrogens with one attached hydrogen (secondary N) is 2. The smallest absolute Gasteiger partial charge is 0.261 e. The van der Waals surface area contributed by atoms with E-state index in [4.69, 9.17) is 0 Å². The normalized spacial score (nSPS) is 17.1. The zero-order valence-corrected chi connectivity index (χ0v) is 16.9. The summed E-state index contributed by atoms with van der Waals surface area (Å²) in [7, 11) is -3.76. The molecule has 0 bridgehead atoms. The number of piperazine rings is 1. The zero-order valence-electron chi connectivity index (χ0n) is 15.3. The number of halogens is 1. The number of rotatable bonds is 4. The van der Waals surface area contributed by atoms with Crippen LogP contribution >= 0.6 is 12.4 Å². The maximum atomic E-state index is 12.7. The summed E-state index contributed by atoms with van der Waals surface area (Å²) in [5.74, 6) is -0.147. The molecule has 1 aliphatic heterocycles. The molecule has 1 atom stereocenters. The molecule has 2 aromatic rings. The highest BCUT2D eigenvalue weighted by atomic mass is 35.5. The molecule has 6 nitrogen and oxygen atoms in total. The number of sulfonamides is 1. The zero-order chi connectivity index (χ0) is 18.7. The molecule has 2 N–H and O–H groups in total. The fourth-order valence-corrected chi connectivity index (χ4v) is 4.04. The predicted octanol–water partition coefficient (Wildman–Crippen LogP) is 2.65. The molecule has 1 saturated heterocycles. The number of hydrogen-bond acceptors (Lipinski definition) is 4. The summed E-state index contributed by atoms with van der Waals surface area (Å²) in [4.78, 5) is 14.5. The number of hydrogen-bond donors (Lipinski definition) is 2. The first kappa shape index (κ1) is 21.2. The summed E-state index contributed by atoms with van der Waals surface area (Å²) in [6.45, 7) is 5.91. The van der Waals surface area contributed by atoms with Crippen LogP contribution in [-0.2, 0) is 10.0 Å². The fourth-order valence-electron chi connectivity index (χ4n) is 2.93. The molecular weight excluding hydrogens is 386 g/mol. The topological polar surface area (TPSA) is 78.5 Å². The largest absolute Gasteiger partial charge is 0.336 e. The summed E-state index contributed by atoms with van der Waals surface area (Å²) >= 11 is 0. The Morgan fingerprint density at radius 1 is 1.19 bits per heavy atom. The fraction of sp³-hybridized carbons (Fsp3) is 0.316. The molecular formula is C19H24ClN3O3S. The molecule has 0 aliphatic carbocycles. The van der Waals surface area contributed by atoms with Crippen molar-refractivity contribution in [3.8, 4) is 0 Å². The minimum atomic E-state index is -3.76. The minimum Gasteiger partial charge on any atom is -0.336 e. The van der Waals surface area contributed by atoms with E-state index in [1.807, 2.05) is 26.0 Å². The lowest BCUT2D eigenvalue weighted by Gasteiger charge is -2.32. The molecule has 27 heavy (non-hydrogen) atoms. The van der Waals surface area contributed by atoms with Gasteiger partial charge in [0.05, 0.1) is 4.90 Å². The van der Waals surface area contributed by atoms with Crippen molar-refractivity contribution in [3.63, 3.8) is 0 Å². The Bertz CT molecular complexity index is 901. The van der Waals surface area contributed by atoms with Crippen molar-refractivity contribution >= 4 is 34.0 Å². The second kappa shape index (κ2) is 8.73. The van der Waals surface area contributed by atoms with Crippen LogP contribution in [0.2, 0.25) is 0 Å². The number of carbonyl (C=O) groups excluding carboxylic acids is 1. The van der Waals surface area contributed by atoms with E-state index in [1.165, 1.54) is 12.1 Å². The first-order valence-electron chi connectivity index (χ1n) is 8.57. The standard InChI is InChI=1S/C19H23N3O3S.ClH/c1-14-6-8-17(9-7-14)21-26(24,25)18-5-3-4-16(12-18)19(23)22-11-10-20-15(2)13-22;/h3-9,12,15,20-21H,10-11,13H2,1-2H3;1H. The quantitative estimate of drug-likeness (QED) is 0.813. The van der Waals surface area contributed by atoms with Gasteiger partial charge in [0.1, 0.15) is 0 Å². The molecule has 3 rings (SSSR count). The molecule has 0 aromatic heterocycles. The van der Waals surface area contributed by atoms with E-state index in [2.05, 4.69) is 10.0 Å². The lowest BCUT2D eigenvalue weighted by molar-refractivity contribution is 0.0709. The van der Waals surface area contributed by atoms with Gasteiger partial charge in [0.15, 0.2) is 0 Å². The third-order valence-electron chi connectivity index (χ3n) is 4.35. The van der Waals surface area contributed by atoms with Crippen molar-refractivity contribution in [3.05, 3.63) is 59.7 Å². The summed E-state index contributed by atoms with van der Waals surface area (Å²) in [5, 5.41) is 3.29. The molecule has 1 heterocycles. The van der Waals surface area contributed by atoms with Gasteiger partial charge in [0.25, 0.3) is 15.9 Å². The molecule has 2 aromatic carbocycles. The number of carbonyl (C=O) groups is 1. The van der Waals surface area contributed by atoms with Gasteiger partial charge in [-0.1, -0.05) is 23.8 Å². The van der Waals surface area contributed by atoms with Crippen LogP contribution in [0.4, 0.5) is 5.69 Å². The van der Waals surface area contributed by atoms with Crippen molar-refractivity contribution in [1.82, 2.24) is 10.2 Å². The van der Waals surface area contributed by atoms with E-state index in [0.29, 0.717) is 24.3 Å². The van der Waals surface area contributed by atoms with E-state index < -0.39 is 10.0 Å². The van der Waals surface area contributed by atoms with Gasteiger partial charge in [-0.05, 0) is 44.2 Å². The van der Waals surface area contributed by atoms with Gasteiger partial charge < -0.3 is 10.2 Å². The van der Waals surface area contributed by atoms with Crippen LogP contribution in [0, 0.1) is 6.92 Å². The van der Waals surface area contributed by atoms with Crippen LogP contribution in [0.5, 0.6) is 0 Å². The summed E-state index contributed by atoms with van der Waals surface area (Å²) < 4.78 is 27.8. The molecule has 1 fully saturated rings. The average molecular weight is 410 g/mol. The summed E-state index contributed by atoms with van der Waals surface area (Å²) in [5.41, 5.74) is 1.92. The van der Waals surface area contributed by atoms with Crippen LogP contribution < -0.4 is 10.0 Å². The third-order valence-corrected chi connectivity index (χ3v) is 5.73. The lowest BCUT2D eigenvalue weighted by Crippen LogP contribution is -2.51. The average Bonchev–Trinajstić information content (AvgIpc) is 2.63. The van der Waals surface area contributed by atoms with Crippen LogP contribution in [0.1, 0.15) is 22.8 Å². The number of benzene rings is 2. The van der Waals surface area contributed by atoms with E-state index >= 15 is 0 Å². The monoisotopic (exact) mass is 409 g/mol.